The summed E-state index contributed by atoms with van der Waals surface area (Å²) in [4.78, 5) is 49.5. The Labute approximate surface area is 157 Å². The fourth-order valence-corrected chi connectivity index (χ4v) is 5.29. The molecule has 0 unspecified atom stereocenters. The number of hydrogen-bond donors (Lipinski definition) is 3. The van der Waals surface area contributed by atoms with Gasteiger partial charge in [0.25, 0.3) is 17.5 Å². The molecule has 3 heterocycles. The van der Waals surface area contributed by atoms with Crippen LogP contribution in [0.1, 0.15) is 18.1 Å². The van der Waals surface area contributed by atoms with Gasteiger partial charge in [-0.2, -0.15) is 0 Å². The molecule has 3 saturated heterocycles. The Hall–Kier alpha value is -2.59. The van der Waals surface area contributed by atoms with E-state index >= 15 is 0 Å². The van der Waals surface area contributed by atoms with E-state index in [1.165, 1.54) is 11.8 Å². The van der Waals surface area contributed by atoms with Crippen molar-refractivity contribution >= 4 is 35.5 Å². The van der Waals surface area contributed by atoms with Crippen molar-refractivity contribution in [2.45, 2.75) is 29.7 Å². The van der Waals surface area contributed by atoms with Gasteiger partial charge in [-0.25, -0.2) is 4.79 Å². The summed E-state index contributed by atoms with van der Waals surface area (Å²) in [6, 6.07) is 7.25. The van der Waals surface area contributed by atoms with E-state index in [9.17, 15) is 29.4 Å². The lowest BCUT2D eigenvalue weighted by Crippen LogP contribution is -2.80. The van der Waals surface area contributed by atoms with Crippen molar-refractivity contribution in [2.75, 3.05) is 5.75 Å². The van der Waals surface area contributed by atoms with E-state index in [1.54, 1.807) is 30.3 Å². The molecule has 3 aliphatic rings. The van der Waals surface area contributed by atoms with Gasteiger partial charge in [0.1, 0.15) is 11.4 Å². The summed E-state index contributed by atoms with van der Waals surface area (Å²) in [5.41, 5.74) is -1.63. The lowest BCUT2D eigenvalue weighted by atomic mass is 9.89. The number of esters is 1. The van der Waals surface area contributed by atoms with E-state index in [4.69, 9.17) is 4.74 Å². The molecule has 9 nitrogen and oxygen atoms in total. The summed E-state index contributed by atoms with van der Waals surface area (Å²) in [5.74, 6) is -3.80. The SMILES string of the molecule is O=C1C[C@H]2CS[C@@H]3[C@H](NC(=O)[C@H](O)c4ccccc4)C(=O)N3[C@@]2(C(=O)O)O1. The molecule has 142 valence electrons. The number of aliphatic hydroxyl groups is 1. The highest BCUT2D eigenvalue weighted by Gasteiger charge is 2.71. The highest BCUT2D eigenvalue weighted by molar-refractivity contribution is 8.00. The van der Waals surface area contributed by atoms with Gasteiger partial charge < -0.3 is 20.3 Å². The molecule has 1 aromatic carbocycles. The zero-order chi connectivity index (χ0) is 19.3. The van der Waals surface area contributed by atoms with Crippen LogP contribution in [-0.4, -0.2) is 61.8 Å². The number of nitrogens with zero attached hydrogens (tertiary/aromatic N) is 1. The van der Waals surface area contributed by atoms with E-state index in [1.807, 2.05) is 0 Å². The highest BCUT2D eigenvalue weighted by Crippen LogP contribution is 2.51. The molecule has 0 spiro atoms. The maximum atomic E-state index is 12.6. The third-order valence-corrected chi connectivity index (χ3v) is 6.49. The predicted molar refractivity (Wildman–Crippen MR) is 91.0 cm³/mol. The Bertz CT molecular complexity index is 832. The first-order valence-corrected chi connectivity index (χ1v) is 9.34. The largest absolute Gasteiger partial charge is 0.477 e. The summed E-state index contributed by atoms with van der Waals surface area (Å²) < 4.78 is 5.08. The normalized spacial score (nSPS) is 32.6. The summed E-state index contributed by atoms with van der Waals surface area (Å²) in [6.45, 7) is 0. The number of hydrogen-bond acceptors (Lipinski definition) is 7. The molecule has 27 heavy (non-hydrogen) atoms. The average Bonchev–Trinajstić information content (AvgIpc) is 3.01. The van der Waals surface area contributed by atoms with Crippen LogP contribution in [0.15, 0.2) is 30.3 Å². The molecule has 5 atom stereocenters. The predicted octanol–water partition coefficient (Wildman–Crippen LogP) is -0.536. The number of carboxylic acid groups (broad SMARTS) is 1. The van der Waals surface area contributed by atoms with Gasteiger partial charge in [0, 0.05) is 11.7 Å². The first kappa shape index (κ1) is 17.8. The number of fused-ring (bicyclic) bond motifs is 3. The average molecular weight is 392 g/mol. The van der Waals surface area contributed by atoms with Crippen molar-refractivity contribution in [3.63, 3.8) is 0 Å². The minimum Gasteiger partial charge on any atom is -0.477 e. The van der Waals surface area contributed by atoms with Crippen LogP contribution >= 0.6 is 11.8 Å². The monoisotopic (exact) mass is 392 g/mol. The second-order valence-electron chi connectivity index (χ2n) is 6.61. The molecule has 0 bridgehead atoms. The van der Waals surface area contributed by atoms with Crippen molar-refractivity contribution in [1.82, 2.24) is 10.2 Å². The standard InChI is InChI=1S/C17H16N2O7S/c20-10-6-9-7-27-15-11(14(23)19(15)17(9,26-10)16(24)25)18-13(22)12(21)8-4-2-1-3-5-8/h1-5,9,11-12,15,21H,6-7H2,(H,18,22)(H,24,25)/t9-,11+,12+,15+,17+/m0/s1. The number of carbonyl (C=O) groups is 4. The van der Waals surface area contributed by atoms with Crippen LogP contribution in [0.3, 0.4) is 0 Å². The van der Waals surface area contributed by atoms with Crippen molar-refractivity contribution in [2.24, 2.45) is 5.92 Å². The zero-order valence-corrected chi connectivity index (χ0v) is 14.7. The van der Waals surface area contributed by atoms with Crippen molar-refractivity contribution < 1.29 is 34.1 Å². The number of benzene rings is 1. The maximum absolute atomic E-state index is 12.6. The number of ether oxygens (including phenoxy) is 1. The molecule has 3 aliphatic heterocycles. The molecule has 0 saturated carbocycles. The second kappa shape index (κ2) is 6.24. The van der Waals surface area contributed by atoms with Crippen LogP contribution in [0.2, 0.25) is 0 Å². The van der Waals surface area contributed by atoms with Gasteiger partial charge in [-0.1, -0.05) is 30.3 Å². The number of β-lactam (4-membered cyclic amide) rings is 1. The number of nitrogens with one attached hydrogen (secondary N) is 1. The molecule has 4 rings (SSSR count). The zero-order valence-electron chi connectivity index (χ0n) is 13.9. The Morgan fingerprint density at radius 3 is 2.67 bits per heavy atom. The lowest BCUT2D eigenvalue weighted by Gasteiger charge is -2.56. The first-order chi connectivity index (χ1) is 12.9. The minimum atomic E-state index is -2.01. The second-order valence-corrected chi connectivity index (χ2v) is 7.76. The van der Waals surface area contributed by atoms with Crippen LogP contribution in [0.25, 0.3) is 0 Å². The third-order valence-electron chi connectivity index (χ3n) is 5.07. The van der Waals surface area contributed by atoms with Crippen molar-refractivity contribution in [1.29, 1.82) is 0 Å². The molecule has 0 radical (unpaired) electrons. The van der Waals surface area contributed by atoms with Crippen LogP contribution in [0.4, 0.5) is 0 Å². The van der Waals surface area contributed by atoms with E-state index in [0.29, 0.717) is 11.3 Å². The number of carbonyl (C=O) groups excluding carboxylic acids is 3. The van der Waals surface area contributed by atoms with Crippen LogP contribution in [0.5, 0.6) is 0 Å². The van der Waals surface area contributed by atoms with Crippen LogP contribution in [-0.2, 0) is 23.9 Å². The molecule has 3 N–H and O–H groups in total. The molecular weight excluding hydrogens is 376 g/mol. The van der Waals surface area contributed by atoms with Crippen LogP contribution in [0, 0.1) is 5.92 Å². The lowest BCUT2D eigenvalue weighted by molar-refractivity contribution is -0.216. The highest BCUT2D eigenvalue weighted by atomic mass is 32.2. The Balaban J connectivity index is 1.52. The number of aliphatic carboxylic acids is 1. The van der Waals surface area contributed by atoms with Gasteiger partial charge in [0.15, 0.2) is 6.10 Å². The van der Waals surface area contributed by atoms with E-state index in [0.717, 1.165) is 4.90 Å². The van der Waals surface area contributed by atoms with Gasteiger partial charge in [-0.15, -0.1) is 11.8 Å². The molecule has 2 amide bonds. The molecule has 3 fully saturated rings. The topological polar surface area (TPSA) is 133 Å². The Kier molecular flexibility index (Phi) is 4.11. The number of aliphatic hydroxyl groups excluding tert-OH is 1. The summed E-state index contributed by atoms with van der Waals surface area (Å²) in [5, 5.41) is 21.6. The minimum absolute atomic E-state index is 0.0699. The van der Waals surface area contributed by atoms with Crippen LogP contribution < -0.4 is 5.32 Å². The summed E-state index contributed by atoms with van der Waals surface area (Å²) >= 11 is 1.28. The van der Waals surface area contributed by atoms with Crippen molar-refractivity contribution in [3.8, 4) is 0 Å². The summed E-state index contributed by atoms with van der Waals surface area (Å²) in [6.07, 6.45) is -1.52. The molecule has 0 aromatic heterocycles. The Morgan fingerprint density at radius 1 is 1.30 bits per heavy atom. The van der Waals surface area contributed by atoms with E-state index in [2.05, 4.69) is 5.32 Å². The van der Waals surface area contributed by atoms with E-state index in [-0.39, 0.29) is 6.42 Å². The van der Waals surface area contributed by atoms with Gasteiger partial charge in [-0.05, 0) is 5.56 Å². The van der Waals surface area contributed by atoms with E-state index < -0.39 is 52.9 Å². The molecule has 10 heteroatoms. The number of thioether (sulfide) groups is 1. The Morgan fingerprint density at radius 2 is 2.00 bits per heavy atom. The smallest absolute Gasteiger partial charge is 0.370 e. The molecule has 0 aliphatic carbocycles. The van der Waals surface area contributed by atoms with Crippen molar-refractivity contribution in [3.05, 3.63) is 35.9 Å². The first-order valence-electron chi connectivity index (χ1n) is 8.29. The molecular formula is C17H16N2O7S. The number of amides is 2. The van der Waals surface area contributed by atoms with Gasteiger partial charge in [-0.3, -0.25) is 19.3 Å². The molecule has 1 aromatic rings. The fraction of sp³-hybridized carbons (Fsp3) is 0.412. The van der Waals surface area contributed by atoms with Gasteiger partial charge in [0.2, 0.25) is 0 Å². The van der Waals surface area contributed by atoms with Gasteiger partial charge >= 0.3 is 11.9 Å². The third kappa shape index (κ3) is 2.51. The summed E-state index contributed by atoms with van der Waals surface area (Å²) in [7, 11) is 0. The van der Waals surface area contributed by atoms with Gasteiger partial charge in [0.05, 0.1) is 6.42 Å². The number of carboxylic acids is 1. The maximum Gasteiger partial charge on any atom is 0.370 e. The fourth-order valence-electron chi connectivity index (χ4n) is 3.73. The quantitative estimate of drug-likeness (QED) is 0.460. The number of rotatable bonds is 4.